The molecule has 3 aromatic rings. The van der Waals surface area contributed by atoms with E-state index in [2.05, 4.69) is 10.0 Å². The summed E-state index contributed by atoms with van der Waals surface area (Å²) in [5.74, 6) is 0.569. The third-order valence-electron chi connectivity index (χ3n) is 5.76. The van der Waals surface area contributed by atoms with Crippen molar-refractivity contribution < 1.29 is 31.1 Å². The zero-order chi connectivity index (χ0) is 27.3. The number of sulfonamides is 2. The number of carbonyl (C=O) groups is 1. The Morgan fingerprint density at radius 1 is 0.868 bits per heavy atom. The van der Waals surface area contributed by atoms with Crippen molar-refractivity contribution in [2.45, 2.75) is 16.7 Å². The predicted molar refractivity (Wildman–Crippen MR) is 144 cm³/mol. The highest BCUT2D eigenvalue weighted by molar-refractivity contribution is 7.93. The first-order valence-corrected chi connectivity index (χ1v) is 14.6. The van der Waals surface area contributed by atoms with Crippen molar-refractivity contribution in [1.29, 1.82) is 0 Å². The molecule has 11 nitrogen and oxygen atoms in total. The van der Waals surface area contributed by atoms with Crippen molar-refractivity contribution in [2.24, 2.45) is 0 Å². The standard InChI is InChI=1S/C25H28N4O7S2/c1-18-3-10-22(11-4-18)37(31,32)28-25(30)26-20-7-12-23(29-13-15-36-16-14-29)24(17-20)38(33,34)27-19-5-8-21(35-2)9-6-19/h3-12,17,27H,13-16H2,1-2H3,(H2,26,28,30). The molecule has 3 aromatic carbocycles. The first kappa shape index (κ1) is 27.2. The van der Waals surface area contributed by atoms with Crippen molar-refractivity contribution in [3.63, 3.8) is 0 Å². The minimum absolute atomic E-state index is 0.0760. The Labute approximate surface area is 221 Å². The summed E-state index contributed by atoms with van der Waals surface area (Å²) < 4.78 is 67.1. The van der Waals surface area contributed by atoms with E-state index in [9.17, 15) is 21.6 Å². The number of benzene rings is 3. The van der Waals surface area contributed by atoms with Gasteiger partial charge in [-0.25, -0.2) is 26.4 Å². The SMILES string of the molecule is COc1ccc(NS(=O)(=O)c2cc(NC(=O)NS(=O)(=O)c3ccc(C)cc3)ccc2N2CCOCC2)cc1. The quantitative estimate of drug-likeness (QED) is 0.381. The number of hydrogen-bond donors (Lipinski definition) is 3. The average Bonchev–Trinajstić information content (AvgIpc) is 2.89. The number of nitrogens with zero attached hydrogens (tertiary/aromatic N) is 1. The third kappa shape index (κ3) is 6.54. The fourth-order valence-electron chi connectivity index (χ4n) is 3.80. The second-order valence-corrected chi connectivity index (χ2v) is 11.8. The van der Waals surface area contributed by atoms with Gasteiger partial charge in [0.2, 0.25) is 0 Å². The fourth-order valence-corrected chi connectivity index (χ4v) is 6.02. The average molecular weight is 561 g/mol. The van der Waals surface area contributed by atoms with E-state index in [1.54, 1.807) is 42.5 Å². The smallest absolute Gasteiger partial charge is 0.333 e. The van der Waals surface area contributed by atoms with Crippen LogP contribution >= 0.6 is 0 Å². The number of aryl methyl sites for hydroxylation is 1. The molecule has 0 unspecified atom stereocenters. The first-order valence-electron chi connectivity index (χ1n) is 11.6. The van der Waals surface area contributed by atoms with Crippen molar-refractivity contribution in [3.05, 3.63) is 72.3 Å². The second kappa shape index (κ2) is 11.3. The van der Waals surface area contributed by atoms with Gasteiger partial charge in [0.15, 0.2) is 0 Å². The van der Waals surface area contributed by atoms with E-state index < -0.39 is 26.1 Å². The lowest BCUT2D eigenvalue weighted by molar-refractivity contribution is 0.122. The van der Waals surface area contributed by atoms with Crippen LogP contribution < -0.4 is 24.4 Å². The topological polar surface area (TPSA) is 143 Å². The molecule has 0 spiro atoms. The van der Waals surface area contributed by atoms with Crippen LogP contribution in [-0.4, -0.2) is 56.3 Å². The largest absolute Gasteiger partial charge is 0.497 e. The van der Waals surface area contributed by atoms with E-state index in [0.717, 1.165) is 5.56 Å². The molecule has 0 saturated carbocycles. The molecule has 3 N–H and O–H groups in total. The van der Waals surface area contributed by atoms with Gasteiger partial charge in [0, 0.05) is 24.5 Å². The molecule has 1 heterocycles. The lowest BCUT2D eigenvalue weighted by Crippen LogP contribution is -2.37. The molecule has 1 aliphatic heterocycles. The second-order valence-electron chi connectivity index (χ2n) is 8.49. The van der Waals surface area contributed by atoms with Gasteiger partial charge in [-0.1, -0.05) is 17.7 Å². The van der Waals surface area contributed by atoms with Crippen LogP contribution in [0.2, 0.25) is 0 Å². The minimum atomic E-state index is -4.13. The molecule has 0 aromatic heterocycles. The van der Waals surface area contributed by atoms with Crippen LogP contribution in [0.15, 0.2) is 76.5 Å². The maximum absolute atomic E-state index is 13.5. The fraction of sp³-hybridized carbons (Fsp3) is 0.240. The van der Waals surface area contributed by atoms with Crippen molar-refractivity contribution in [1.82, 2.24) is 4.72 Å². The molecule has 38 heavy (non-hydrogen) atoms. The minimum Gasteiger partial charge on any atom is -0.497 e. The summed E-state index contributed by atoms with van der Waals surface area (Å²) in [4.78, 5) is 14.3. The number of hydrogen-bond acceptors (Lipinski definition) is 8. The highest BCUT2D eigenvalue weighted by Gasteiger charge is 2.25. The number of amides is 2. The number of nitrogens with one attached hydrogen (secondary N) is 3. The predicted octanol–water partition coefficient (Wildman–Crippen LogP) is 3.15. The van der Waals surface area contributed by atoms with E-state index in [1.165, 1.54) is 31.4 Å². The van der Waals surface area contributed by atoms with Crippen LogP contribution in [0.1, 0.15) is 5.56 Å². The molecule has 0 bridgehead atoms. The van der Waals surface area contributed by atoms with Crippen LogP contribution in [0.5, 0.6) is 5.75 Å². The molecule has 13 heteroatoms. The Bertz CT molecular complexity index is 1500. The number of anilines is 3. The Balaban J connectivity index is 1.60. The van der Waals surface area contributed by atoms with Crippen molar-refractivity contribution in [3.8, 4) is 5.75 Å². The van der Waals surface area contributed by atoms with Crippen LogP contribution in [0.4, 0.5) is 21.9 Å². The third-order valence-corrected chi connectivity index (χ3v) is 8.52. The first-order chi connectivity index (χ1) is 18.1. The number of methoxy groups -OCH3 is 1. The zero-order valence-electron chi connectivity index (χ0n) is 20.8. The summed E-state index contributed by atoms with van der Waals surface area (Å²) in [6.45, 7) is 3.64. The molecule has 2 amide bonds. The van der Waals surface area contributed by atoms with Gasteiger partial charge >= 0.3 is 6.03 Å². The lowest BCUT2D eigenvalue weighted by atomic mass is 10.2. The van der Waals surface area contributed by atoms with Crippen molar-refractivity contribution in [2.75, 3.05) is 48.4 Å². The number of morpholine rings is 1. The van der Waals surface area contributed by atoms with Gasteiger partial charge in [0.05, 0.1) is 30.9 Å². The summed E-state index contributed by atoms with van der Waals surface area (Å²) in [6, 6.07) is 15.7. The van der Waals surface area contributed by atoms with E-state index >= 15 is 0 Å². The van der Waals surface area contributed by atoms with Gasteiger partial charge in [-0.15, -0.1) is 0 Å². The van der Waals surface area contributed by atoms with Gasteiger partial charge < -0.3 is 19.7 Å². The summed E-state index contributed by atoms with van der Waals surface area (Å²) in [5, 5.41) is 2.42. The van der Waals surface area contributed by atoms with Gasteiger partial charge in [-0.2, -0.15) is 0 Å². The molecule has 202 valence electrons. The summed E-state index contributed by atoms with van der Waals surface area (Å²) >= 11 is 0. The molecule has 1 fully saturated rings. The number of rotatable bonds is 8. The Morgan fingerprint density at radius 3 is 2.13 bits per heavy atom. The van der Waals surface area contributed by atoms with Gasteiger partial charge in [-0.05, 0) is 61.5 Å². The molecule has 1 saturated heterocycles. The van der Waals surface area contributed by atoms with Crippen molar-refractivity contribution >= 4 is 43.1 Å². The van der Waals surface area contributed by atoms with Gasteiger partial charge in [0.1, 0.15) is 10.6 Å². The van der Waals surface area contributed by atoms with E-state index in [4.69, 9.17) is 9.47 Å². The van der Waals surface area contributed by atoms with E-state index in [0.29, 0.717) is 43.4 Å². The van der Waals surface area contributed by atoms with Crippen LogP contribution in [0.3, 0.4) is 0 Å². The molecular weight excluding hydrogens is 532 g/mol. The van der Waals surface area contributed by atoms with Crippen LogP contribution in [0.25, 0.3) is 0 Å². The van der Waals surface area contributed by atoms with Crippen LogP contribution in [0, 0.1) is 6.92 Å². The van der Waals surface area contributed by atoms with Gasteiger partial charge in [0.25, 0.3) is 20.0 Å². The number of carbonyl (C=O) groups excluding carboxylic acids is 1. The number of urea groups is 1. The Hall–Kier alpha value is -3.81. The summed E-state index contributed by atoms with van der Waals surface area (Å²) in [5.41, 5.74) is 1.70. The maximum Gasteiger partial charge on any atom is 0.333 e. The monoisotopic (exact) mass is 560 g/mol. The summed E-state index contributed by atoms with van der Waals surface area (Å²) in [6.07, 6.45) is 0. The van der Waals surface area contributed by atoms with E-state index in [1.807, 2.05) is 16.5 Å². The normalized spacial score (nSPS) is 14.0. The number of ether oxygens (including phenoxy) is 2. The highest BCUT2D eigenvalue weighted by atomic mass is 32.2. The molecule has 1 aliphatic rings. The maximum atomic E-state index is 13.5. The summed E-state index contributed by atoms with van der Waals surface area (Å²) in [7, 11) is -6.74. The lowest BCUT2D eigenvalue weighted by Gasteiger charge is -2.30. The molecular formula is C25H28N4O7S2. The molecule has 0 radical (unpaired) electrons. The Morgan fingerprint density at radius 2 is 1.50 bits per heavy atom. The molecule has 0 aliphatic carbocycles. The Kier molecular flexibility index (Phi) is 8.09. The van der Waals surface area contributed by atoms with E-state index in [-0.39, 0.29) is 15.5 Å². The molecule has 4 rings (SSSR count). The van der Waals surface area contributed by atoms with Gasteiger partial charge in [-0.3, -0.25) is 4.72 Å². The highest BCUT2D eigenvalue weighted by Crippen LogP contribution is 2.31. The zero-order valence-corrected chi connectivity index (χ0v) is 22.4. The molecule has 0 atom stereocenters. The van der Waals surface area contributed by atoms with Crippen LogP contribution in [-0.2, 0) is 24.8 Å².